The lowest BCUT2D eigenvalue weighted by Gasteiger charge is -2.09. The molecule has 1 amide bonds. The average molecular weight is 430 g/mol. The molecule has 3 rings (SSSR count). The van der Waals surface area contributed by atoms with Gasteiger partial charge in [0.05, 0.1) is 4.92 Å². The smallest absolute Gasteiger partial charge is 0.294 e. The summed E-state index contributed by atoms with van der Waals surface area (Å²) in [5.74, 6) is 0.0349. The van der Waals surface area contributed by atoms with Crippen molar-refractivity contribution in [3.63, 3.8) is 0 Å². The maximum atomic E-state index is 12.4. The van der Waals surface area contributed by atoms with Crippen LogP contribution in [0.15, 0.2) is 52.9 Å². The third-order valence-corrected chi connectivity index (χ3v) is 4.69. The molecule has 2 aromatic carbocycles. The minimum absolute atomic E-state index is 0.0629. The largest absolute Gasteiger partial charge is 0.451 e. The SMILES string of the molecule is Cc1ccc(-c2ccc(C(=O)NC(=S)Nc3ccc(Cl)cc3[N+](=O)[O-])o2)cc1C. The van der Waals surface area contributed by atoms with Gasteiger partial charge in [-0.2, -0.15) is 0 Å². The Kier molecular flexibility index (Phi) is 5.95. The zero-order valence-electron chi connectivity index (χ0n) is 15.5. The fourth-order valence-electron chi connectivity index (χ4n) is 2.59. The number of nitrogens with one attached hydrogen (secondary N) is 2. The van der Waals surface area contributed by atoms with Gasteiger partial charge in [-0.1, -0.05) is 23.7 Å². The number of hydrogen-bond donors (Lipinski definition) is 2. The first kappa shape index (κ1) is 20.5. The topological polar surface area (TPSA) is 97.4 Å². The van der Waals surface area contributed by atoms with Crippen molar-refractivity contribution in [2.45, 2.75) is 13.8 Å². The number of benzene rings is 2. The lowest BCUT2D eigenvalue weighted by atomic mass is 10.1. The van der Waals surface area contributed by atoms with Gasteiger partial charge in [0.25, 0.3) is 11.6 Å². The molecule has 1 aromatic heterocycles. The Hall–Kier alpha value is -3.23. The maximum Gasteiger partial charge on any atom is 0.294 e. The van der Waals surface area contributed by atoms with Crippen LogP contribution in [0.25, 0.3) is 11.3 Å². The highest BCUT2D eigenvalue weighted by molar-refractivity contribution is 7.80. The highest BCUT2D eigenvalue weighted by Crippen LogP contribution is 2.28. The molecule has 3 aromatic rings. The number of aryl methyl sites for hydroxylation is 2. The van der Waals surface area contributed by atoms with Crippen LogP contribution in [-0.2, 0) is 0 Å². The summed E-state index contributed by atoms with van der Waals surface area (Å²) in [4.78, 5) is 22.9. The Morgan fingerprint density at radius 1 is 1.10 bits per heavy atom. The van der Waals surface area contributed by atoms with E-state index in [2.05, 4.69) is 10.6 Å². The van der Waals surface area contributed by atoms with E-state index >= 15 is 0 Å². The van der Waals surface area contributed by atoms with Crippen molar-refractivity contribution < 1.29 is 14.1 Å². The van der Waals surface area contributed by atoms with E-state index in [0.717, 1.165) is 16.7 Å². The Labute approximate surface area is 176 Å². The van der Waals surface area contributed by atoms with E-state index in [9.17, 15) is 14.9 Å². The minimum Gasteiger partial charge on any atom is -0.451 e. The third-order valence-electron chi connectivity index (χ3n) is 4.25. The normalized spacial score (nSPS) is 10.4. The average Bonchev–Trinajstić information content (AvgIpc) is 3.15. The number of thiocarbonyl (C=S) groups is 1. The standard InChI is InChI=1S/C20H16ClN3O4S/c1-11-3-4-13(9-12(11)2)17-7-8-18(28-17)19(25)23-20(29)22-15-6-5-14(21)10-16(15)24(26)27/h3-10H,1-2H3,(H2,22,23,25,29). The monoisotopic (exact) mass is 429 g/mol. The molecule has 0 unspecified atom stereocenters. The van der Waals surface area contributed by atoms with Crippen LogP contribution in [0.2, 0.25) is 5.02 Å². The lowest BCUT2D eigenvalue weighted by Crippen LogP contribution is -2.34. The van der Waals surface area contributed by atoms with Crippen LogP contribution in [0.5, 0.6) is 0 Å². The number of furan rings is 1. The molecule has 9 heteroatoms. The summed E-state index contributed by atoms with van der Waals surface area (Å²) in [7, 11) is 0. The second kappa shape index (κ2) is 8.42. The van der Waals surface area contributed by atoms with Crippen LogP contribution < -0.4 is 10.6 Å². The molecule has 0 fully saturated rings. The Morgan fingerprint density at radius 3 is 2.55 bits per heavy atom. The van der Waals surface area contributed by atoms with E-state index in [0.29, 0.717) is 5.76 Å². The first-order valence-electron chi connectivity index (χ1n) is 8.48. The van der Waals surface area contributed by atoms with Crippen molar-refractivity contribution in [3.05, 3.63) is 80.6 Å². The van der Waals surface area contributed by atoms with Gasteiger partial charge in [0.1, 0.15) is 11.4 Å². The van der Waals surface area contributed by atoms with E-state index in [4.69, 9.17) is 28.2 Å². The van der Waals surface area contributed by atoms with E-state index in [1.165, 1.54) is 24.3 Å². The molecule has 0 aliphatic carbocycles. The van der Waals surface area contributed by atoms with E-state index in [1.54, 1.807) is 6.07 Å². The number of rotatable bonds is 4. The number of halogens is 1. The van der Waals surface area contributed by atoms with Gasteiger partial charge in [0.15, 0.2) is 10.9 Å². The van der Waals surface area contributed by atoms with Crippen LogP contribution in [0.1, 0.15) is 21.7 Å². The molecule has 1 heterocycles. The van der Waals surface area contributed by atoms with E-state index in [-0.39, 0.29) is 27.3 Å². The summed E-state index contributed by atoms with van der Waals surface area (Å²) in [6.07, 6.45) is 0. The number of anilines is 1. The molecule has 7 nitrogen and oxygen atoms in total. The van der Waals surface area contributed by atoms with Crippen molar-refractivity contribution in [2.75, 3.05) is 5.32 Å². The molecule has 29 heavy (non-hydrogen) atoms. The first-order valence-corrected chi connectivity index (χ1v) is 9.27. The van der Waals surface area contributed by atoms with E-state index < -0.39 is 10.8 Å². The van der Waals surface area contributed by atoms with Crippen molar-refractivity contribution in [1.29, 1.82) is 0 Å². The van der Waals surface area contributed by atoms with Crippen molar-refractivity contribution >= 4 is 46.2 Å². The van der Waals surface area contributed by atoms with Gasteiger partial charge < -0.3 is 9.73 Å². The summed E-state index contributed by atoms with van der Waals surface area (Å²) in [6.45, 7) is 4.01. The van der Waals surface area contributed by atoms with Crippen LogP contribution in [-0.4, -0.2) is 15.9 Å². The maximum absolute atomic E-state index is 12.4. The molecule has 0 saturated heterocycles. The Bertz CT molecular complexity index is 1130. The molecule has 0 atom stereocenters. The van der Waals surface area contributed by atoms with Crippen LogP contribution >= 0.6 is 23.8 Å². The molecular formula is C20H16ClN3O4S. The van der Waals surface area contributed by atoms with Gasteiger partial charge in [0.2, 0.25) is 0 Å². The minimum atomic E-state index is -0.596. The summed E-state index contributed by atoms with van der Waals surface area (Å²) < 4.78 is 5.63. The molecule has 0 aliphatic rings. The van der Waals surface area contributed by atoms with Crippen LogP contribution in [0.4, 0.5) is 11.4 Å². The number of carbonyl (C=O) groups is 1. The van der Waals surface area contributed by atoms with Gasteiger partial charge in [-0.15, -0.1) is 0 Å². The molecule has 0 radical (unpaired) electrons. The molecule has 0 saturated carbocycles. The summed E-state index contributed by atoms with van der Waals surface area (Å²) >= 11 is 10.9. The second-order valence-electron chi connectivity index (χ2n) is 6.29. The van der Waals surface area contributed by atoms with Gasteiger partial charge in [-0.3, -0.25) is 20.2 Å². The molecular weight excluding hydrogens is 414 g/mol. The quantitative estimate of drug-likeness (QED) is 0.334. The number of nitro benzene ring substituents is 1. The third kappa shape index (κ3) is 4.79. The zero-order valence-corrected chi connectivity index (χ0v) is 17.1. The molecule has 148 valence electrons. The first-order chi connectivity index (χ1) is 13.7. The number of amides is 1. The second-order valence-corrected chi connectivity index (χ2v) is 7.13. The summed E-state index contributed by atoms with van der Waals surface area (Å²) in [5.41, 5.74) is 2.97. The van der Waals surface area contributed by atoms with Gasteiger partial charge in [0, 0.05) is 16.7 Å². The number of carbonyl (C=O) groups excluding carboxylic acids is 1. The van der Waals surface area contributed by atoms with Gasteiger partial charge in [-0.25, -0.2) is 0 Å². The molecule has 0 aliphatic heterocycles. The predicted molar refractivity (Wildman–Crippen MR) is 115 cm³/mol. The van der Waals surface area contributed by atoms with E-state index in [1.807, 2.05) is 32.0 Å². The predicted octanol–water partition coefficient (Wildman–Crippen LogP) is 5.25. The van der Waals surface area contributed by atoms with Crippen molar-refractivity contribution in [3.8, 4) is 11.3 Å². The summed E-state index contributed by atoms with van der Waals surface area (Å²) in [6, 6.07) is 13.2. The Morgan fingerprint density at radius 2 is 1.86 bits per heavy atom. The summed E-state index contributed by atoms with van der Waals surface area (Å²) in [5, 5.41) is 16.3. The fourth-order valence-corrected chi connectivity index (χ4v) is 2.96. The molecule has 2 N–H and O–H groups in total. The number of nitrogens with zero attached hydrogens (tertiary/aromatic N) is 1. The van der Waals surface area contributed by atoms with Gasteiger partial charge in [-0.05, 0) is 67.5 Å². The van der Waals surface area contributed by atoms with Crippen LogP contribution in [0.3, 0.4) is 0 Å². The number of hydrogen-bond acceptors (Lipinski definition) is 5. The highest BCUT2D eigenvalue weighted by Gasteiger charge is 2.18. The highest BCUT2D eigenvalue weighted by atomic mass is 35.5. The van der Waals surface area contributed by atoms with Crippen LogP contribution in [0, 0.1) is 24.0 Å². The molecule has 0 bridgehead atoms. The van der Waals surface area contributed by atoms with Crippen molar-refractivity contribution in [1.82, 2.24) is 5.32 Å². The number of nitro groups is 1. The van der Waals surface area contributed by atoms with Gasteiger partial charge >= 0.3 is 0 Å². The lowest BCUT2D eigenvalue weighted by molar-refractivity contribution is -0.383. The zero-order chi connectivity index (χ0) is 21.1. The Balaban J connectivity index is 1.71. The fraction of sp³-hybridized carbons (Fsp3) is 0.100. The molecule has 0 spiro atoms. The van der Waals surface area contributed by atoms with Crippen molar-refractivity contribution in [2.24, 2.45) is 0 Å².